The van der Waals surface area contributed by atoms with E-state index in [2.05, 4.69) is 16.3 Å². The van der Waals surface area contributed by atoms with Crippen molar-refractivity contribution in [3.05, 3.63) is 28.8 Å². The molecule has 2 aliphatic rings. The number of morpholine rings is 1. The maximum Gasteiger partial charge on any atom is 0.0755 e. The average molecular weight is 297 g/mol. The van der Waals surface area contributed by atoms with Crippen LogP contribution in [0.15, 0.2) is 18.2 Å². The summed E-state index contributed by atoms with van der Waals surface area (Å²) in [5.74, 6) is 0. The SMILES string of the molecule is OCC1COCCN1c1cccc(Cl)c1CNC1CC1. The third-order valence-corrected chi connectivity index (χ3v) is 4.34. The summed E-state index contributed by atoms with van der Waals surface area (Å²) in [6.45, 7) is 2.94. The Morgan fingerprint density at radius 3 is 3.00 bits per heavy atom. The normalized spacial score (nSPS) is 23.1. The number of ether oxygens (including phenoxy) is 1. The van der Waals surface area contributed by atoms with Gasteiger partial charge in [0.2, 0.25) is 0 Å². The summed E-state index contributed by atoms with van der Waals surface area (Å²) in [4.78, 5) is 2.22. The molecular weight excluding hydrogens is 276 g/mol. The first-order valence-electron chi connectivity index (χ1n) is 7.25. The van der Waals surface area contributed by atoms with Crippen LogP contribution >= 0.6 is 11.6 Å². The van der Waals surface area contributed by atoms with Crippen molar-refractivity contribution in [1.82, 2.24) is 5.32 Å². The van der Waals surface area contributed by atoms with Crippen molar-refractivity contribution in [1.29, 1.82) is 0 Å². The number of halogens is 1. The molecule has 0 amide bonds. The Hall–Kier alpha value is -0.810. The van der Waals surface area contributed by atoms with Crippen molar-refractivity contribution in [2.75, 3.05) is 31.3 Å². The van der Waals surface area contributed by atoms with Crippen molar-refractivity contribution in [3.63, 3.8) is 0 Å². The number of nitrogens with one attached hydrogen (secondary N) is 1. The molecule has 1 aromatic rings. The fraction of sp³-hybridized carbons (Fsp3) is 0.600. The highest BCUT2D eigenvalue weighted by molar-refractivity contribution is 6.31. The molecule has 0 bridgehead atoms. The molecular formula is C15H21ClN2O2. The van der Waals surface area contributed by atoms with Crippen LogP contribution in [-0.4, -0.2) is 43.6 Å². The van der Waals surface area contributed by atoms with Gasteiger partial charge in [-0.25, -0.2) is 0 Å². The van der Waals surface area contributed by atoms with Crippen molar-refractivity contribution in [3.8, 4) is 0 Å². The predicted molar refractivity (Wildman–Crippen MR) is 80.4 cm³/mol. The summed E-state index contributed by atoms with van der Waals surface area (Å²) in [7, 11) is 0. The smallest absolute Gasteiger partial charge is 0.0755 e. The van der Waals surface area contributed by atoms with Gasteiger partial charge >= 0.3 is 0 Å². The Morgan fingerprint density at radius 2 is 2.25 bits per heavy atom. The second-order valence-corrected chi connectivity index (χ2v) is 5.90. The van der Waals surface area contributed by atoms with Gasteiger partial charge in [-0.2, -0.15) is 0 Å². The fourth-order valence-corrected chi connectivity index (χ4v) is 2.88. The standard InChI is InChI=1S/C15H21ClN2O2/c16-14-2-1-3-15(13(14)8-17-11-4-5-11)18-6-7-20-10-12(18)9-19/h1-3,11-12,17,19H,4-10H2. The minimum atomic E-state index is 0.0156. The summed E-state index contributed by atoms with van der Waals surface area (Å²) < 4.78 is 5.45. The first kappa shape index (κ1) is 14.1. The minimum Gasteiger partial charge on any atom is -0.394 e. The number of nitrogens with zero attached hydrogens (tertiary/aromatic N) is 1. The van der Waals surface area contributed by atoms with Gasteiger partial charge < -0.3 is 20.1 Å². The zero-order valence-electron chi connectivity index (χ0n) is 11.5. The van der Waals surface area contributed by atoms with Gasteiger partial charge in [0.1, 0.15) is 0 Å². The molecule has 1 aliphatic carbocycles. The molecule has 110 valence electrons. The summed E-state index contributed by atoms with van der Waals surface area (Å²) >= 11 is 6.38. The van der Waals surface area contributed by atoms with Crippen molar-refractivity contribution in [2.24, 2.45) is 0 Å². The molecule has 1 aliphatic heterocycles. The van der Waals surface area contributed by atoms with Crippen LogP contribution in [0.1, 0.15) is 18.4 Å². The number of aliphatic hydroxyl groups is 1. The second kappa shape index (κ2) is 6.31. The Labute approximate surface area is 124 Å². The van der Waals surface area contributed by atoms with Crippen LogP contribution in [0.2, 0.25) is 5.02 Å². The molecule has 1 saturated carbocycles. The van der Waals surface area contributed by atoms with E-state index in [9.17, 15) is 5.11 Å². The Morgan fingerprint density at radius 1 is 1.40 bits per heavy atom. The minimum absolute atomic E-state index is 0.0156. The van der Waals surface area contributed by atoms with Gasteiger partial charge in [0.05, 0.1) is 25.9 Å². The fourth-order valence-electron chi connectivity index (χ4n) is 2.65. The summed E-state index contributed by atoms with van der Waals surface area (Å²) in [5.41, 5.74) is 2.24. The molecule has 1 atom stereocenters. The lowest BCUT2D eigenvalue weighted by atomic mass is 10.1. The first-order chi connectivity index (χ1) is 9.79. The van der Waals surface area contributed by atoms with Gasteiger partial charge in [-0.05, 0) is 25.0 Å². The van der Waals surface area contributed by atoms with Gasteiger partial charge in [0, 0.05) is 35.4 Å². The summed E-state index contributed by atoms with van der Waals surface area (Å²) in [5, 5.41) is 13.9. The van der Waals surface area contributed by atoms with E-state index < -0.39 is 0 Å². The van der Waals surface area contributed by atoms with Crippen molar-refractivity contribution in [2.45, 2.75) is 31.5 Å². The zero-order valence-corrected chi connectivity index (χ0v) is 12.3. The second-order valence-electron chi connectivity index (χ2n) is 5.50. The lowest BCUT2D eigenvalue weighted by Crippen LogP contribution is -2.48. The van der Waals surface area contributed by atoms with E-state index in [4.69, 9.17) is 16.3 Å². The summed E-state index contributed by atoms with van der Waals surface area (Å²) in [6, 6.07) is 6.66. The number of rotatable bonds is 5. The monoisotopic (exact) mass is 296 g/mol. The molecule has 1 aromatic carbocycles. The van der Waals surface area contributed by atoms with E-state index in [1.165, 1.54) is 12.8 Å². The van der Waals surface area contributed by atoms with E-state index in [0.29, 0.717) is 19.3 Å². The van der Waals surface area contributed by atoms with Gasteiger partial charge in [-0.15, -0.1) is 0 Å². The Kier molecular flexibility index (Phi) is 4.46. The Balaban J connectivity index is 1.84. The molecule has 4 nitrogen and oxygen atoms in total. The third-order valence-electron chi connectivity index (χ3n) is 3.99. The average Bonchev–Trinajstić information content (AvgIpc) is 3.30. The molecule has 5 heteroatoms. The van der Waals surface area contributed by atoms with Crippen molar-refractivity contribution >= 4 is 17.3 Å². The lowest BCUT2D eigenvalue weighted by molar-refractivity contribution is 0.0726. The molecule has 2 fully saturated rings. The molecule has 1 unspecified atom stereocenters. The number of benzene rings is 1. The molecule has 20 heavy (non-hydrogen) atoms. The molecule has 2 N–H and O–H groups in total. The van der Waals surface area contributed by atoms with Crippen LogP contribution in [0.4, 0.5) is 5.69 Å². The number of anilines is 1. The van der Waals surface area contributed by atoms with Crippen LogP contribution in [0.25, 0.3) is 0 Å². The highest BCUT2D eigenvalue weighted by Gasteiger charge is 2.26. The topological polar surface area (TPSA) is 44.7 Å². The highest BCUT2D eigenvalue weighted by Crippen LogP contribution is 2.31. The number of hydrogen-bond donors (Lipinski definition) is 2. The van der Waals surface area contributed by atoms with E-state index in [-0.39, 0.29) is 12.6 Å². The van der Waals surface area contributed by atoms with Crippen LogP contribution in [0, 0.1) is 0 Å². The van der Waals surface area contributed by atoms with Crippen LogP contribution in [-0.2, 0) is 11.3 Å². The quantitative estimate of drug-likeness (QED) is 0.869. The number of hydrogen-bond acceptors (Lipinski definition) is 4. The predicted octanol–water partition coefficient (Wildman–Crippen LogP) is 1.79. The van der Waals surface area contributed by atoms with Crippen LogP contribution in [0.5, 0.6) is 0 Å². The molecule has 1 saturated heterocycles. The van der Waals surface area contributed by atoms with Gasteiger partial charge in [-0.3, -0.25) is 0 Å². The van der Waals surface area contributed by atoms with Gasteiger partial charge in [0.15, 0.2) is 0 Å². The molecule has 0 aromatic heterocycles. The first-order valence-corrected chi connectivity index (χ1v) is 7.63. The zero-order chi connectivity index (χ0) is 13.9. The van der Waals surface area contributed by atoms with Gasteiger partial charge in [0.25, 0.3) is 0 Å². The van der Waals surface area contributed by atoms with E-state index in [1.807, 2.05) is 12.1 Å². The maximum absolute atomic E-state index is 9.54. The molecule has 1 heterocycles. The van der Waals surface area contributed by atoms with E-state index in [0.717, 1.165) is 29.4 Å². The maximum atomic E-state index is 9.54. The molecule has 0 spiro atoms. The molecule has 3 rings (SSSR count). The third kappa shape index (κ3) is 3.09. The lowest BCUT2D eigenvalue weighted by Gasteiger charge is -2.37. The molecule has 0 radical (unpaired) electrons. The largest absolute Gasteiger partial charge is 0.394 e. The van der Waals surface area contributed by atoms with Gasteiger partial charge in [-0.1, -0.05) is 17.7 Å². The van der Waals surface area contributed by atoms with Crippen LogP contribution in [0.3, 0.4) is 0 Å². The summed E-state index contributed by atoms with van der Waals surface area (Å²) in [6.07, 6.45) is 2.52. The van der Waals surface area contributed by atoms with E-state index in [1.54, 1.807) is 0 Å². The number of aliphatic hydroxyl groups excluding tert-OH is 1. The van der Waals surface area contributed by atoms with Crippen molar-refractivity contribution < 1.29 is 9.84 Å². The Bertz CT molecular complexity index is 465. The van der Waals surface area contributed by atoms with E-state index >= 15 is 0 Å². The van der Waals surface area contributed by atoms with Crippen LogP contribution < -0.4 is 10.2 Å². The highest BCUT2D eigenvalue weighted by atomic mass is 35.5.